The van der Waals surface area contributed by atoms with Gasteiger partial charge in [-0.05, 0) is 47.0 Å². The van der Waals surface area contributed by atoms with Crippen LogP contribution in [0.5, 0.6) is 0 Å². The zero-order valence-electron chi connectivity index (χ0n) is 8.67. The fourth-order valence-corrected chi connectivity index (χ4v) is 1.90. The predicted octanol–water partition coefficient (Wildman–Crippen LogP) is 1.94. The van der Waals surface area contributed by atoms with E-state index in [4.69, 9.17) is 5.11 Å². The number of amides is 1. The molecule has 4 nitrogen and oxygen atoms in total. The first kappa shape index (κ1) is 12.0. The molecule has 0 saturated heterocycles. The highest BCUT2D eigenvalue weighted by molar-refractivity contribution is 9.10. The maximum atomic E-state index is 13.0. The molecule has 1 aromatic rings. The summed E-state index contributed by atoms with van der Waals surface area (Å²) in [5.74, 6) is -2.19. The molecule has 90 valence electrons. The Balaban J connectivity index is 2.21. The number of carboxylic acids is 1. The minimum absolute atomic E-state index is 0.0949. The number of rotatable bonds is 3. The monoisotopic (exact) mass is 301 g/mol. The van der Waals surface area contributed by atoms with E-state index >= 15 is 0 Å². The maximum absolute atomic E-state index is 13.0. The Hall–Kier alpha value is -1.43. The van der Waals surface area contributed by atoms with Gasteiger partial charge < -0.3 is 10.4 Å². The molecule has 0 heterocycles. The van der Waals surface area contributed by atoms with Crippen LogP contribution in [0.1, 0.15) is 23.2 Å². The van der Waals surface area contributed by atoms with Crippen LogP contribution in [-0.2, 0) is 4.79 Å². The largest absolute Gasteiger partial charge is 0.480 e. The van der Waals surface area contributed by atoms with E-state index in [9.17, 15) is 14.0 Å². The summed E-state index contributed by atoms with van der Waals surface area (Å²) in [6, 6.07) is 3.69. The van der Waals surface area contributed by atoms with Crippen molar-refractivity contribution in [2.75, 3.05) is 0 Å². The number of hydrogen-bond acceptors (Lipinski definition) is 2. The molecule has 1 fully saturated rings. The van der Waals surface area contributed by atoms with Crippen LogP contribution in [0.4, 0.5) is 4.39 Å². The third-order valence-corrected chi connectivity index (χ3v) is 3.38. The molecular weight excluding hydrogens is 293 g/mol. The molecule has 1 aliphatic rings. The van der Waals surface area contributed by atoms with Gasteiger partial charge in [-0.2, -0.15) is 0 Å². The molecule has 2 rings (SSSR count). The second-order valence-corrected chi connectivity index (χ2v) is 4.82. The van der Waals surface area contributed by atoms with Crippen LogP contribution in [0.2, 0.25) is 0 Å². The topological polar surface area (TPSA) is 66.4 Å². The fraction of sp³-hybridized carbons (Fsp3) is 0.273. The first-order chi connectivity index (χ1) is 7.94. The molecule has 0 aromatic heterocycles. The number of nitrogens with one attached hydrogen (secondary N) is 1. The van der Waals surface area contributed by atoms with Crippen LogP contribution in [0.25, 0.3) is 0 Å². The van der Waals surface area contributed by atoms with E-state index in [1.807, 2.05) is 0 Å². The van der Waals surface area contributed by atoms with E-state index < -0.39 is 23.2 Å². The maximum Gasteiger partial charge on any atom is 0.329 e. The van der Waals surface area contributed by atoms with E-state index in [0.717, 1.165) is 6.07 Å². The number of carbonyl (C=O) groups is 2. The lowest BCUT2D eigenvalue weighted by Gasteiger charge is -2.13. The summed E-state index contributed by atoms with van der Waals surface area (Å²) in [4.78, 5) is 22.7. The minimum Gasteiger partial charge on any atom is -0.480 e. The van der Waals surface area contributed by atoms with E-state index in [-0.39, 0.29) is 5.56 Å². The molecule has 2 N–H and O–H groups in total. The first-order valence-corrected chi connectivity index (χ1v) is 5.75. The highest BCUT2D eigenvalue weighted by atomic mass is 79.9. The molecule has 1 amide bonds. The van der Waals surface area contributed by atoms with E-state index in [1.54, 1.807) is 0 Å². The normalized spacial score (nSPS) is 16.4. The van der Waals surface area contributed by atoms with Crippen molar-refractivity contribution in [3.8, 4) is 0 Å². The van der Waals surface area contributed by atoms with Gasteiger partial charge in [0, 0.05) is 4.47 Å². The van der Waals surface area contributed by atoms with Crippen LogP contribution in [0.3, 0.4) is 0 Å². The number of hydrogen-bond donors (Lipinski definition) is 2. The van der Waals surface area contributed by atoms with Crippen LogP contribution < -0.4 is 5.32 Å². The molecule has 0 spiro atoms. The van der Waals surface area contributed by atoms with Crippen LogP contribution >= 0.6 is 15.9 Å². The molecule has 0 unspecified atom stereocenters. The highest BCUT2D eigenvalue weighted by Gasteiger charge is 2.51. The molecule has 17 heavy (non-hydrogen) atoms. The number of carbonyl (C=O) groups excluding carboxylic acids is 1. The van der Waals surface area contributed by atoms with E-state index in [0.29, 0.717) is 17.3 Å². The Morgan fingerprint density at radius 1 is 1.41 bits per heavy atom. The molecule has 0 atom stereocenters. The minimum atomic E-state index is -1.16. The third-order valence-electron chi connectivity index (χ3n) is 2.69. The average Bonchev–Trinajstić information content (AvgIpc) is 3.02. The number of benzene rings is 1. The molecule has 6 heteroatoms. The predicted molar refractivity (Wildman–Crippen MR) is 61.2 cm³/mol. The quantitative estimate of drug-likeness (QED) is 0.896. The molecule has 1 saturated carbocycles. The summed E-state index contributed by atoms with van der Waals surface area (Å²) in [7, 11) is 0. The van der Waals surface area contributed by atoms with Gasteiger partial charge in [0.05, 0.1) is 5.56 Å². The Morgan fingerprint density at radius 2 is 2.06 bits per heavy atom. The van der Waals surface area contributed by atoms with Gasteiger partial charge in [-0.15, -0.1) is 0 Å². The smallest absolute Gasteiger partial charge is 0.329 e. The summed E-state index contributed by atoms with van der Waals surface area (Å²) < 4.78 is 13.4. The van der Waals surface area contributed by atoms with E-state index in [2.05, 4.69) is 21.2 Å². The van der Waals surface area contributed by atoms with Gasteiger partial charge in [0.2, 0.25) is 0 Å². The summed E-state index contributed by atoms with van der Waals surface area (Å²) in [5.41, 5.74) is -1.07. The molecule has 1 aliphatic carbocycles. The Kier molecular flexibility index (Phi) is 2.91. The Labute approximate surface area is 105 Å². The van der Waals surface area contributed by atoms with Gasteiger partial charge in [0.1, 0.15) is 11.4 Å². The molecular formula is C11H9BrFNO3. The highest BCUT2D eigenvalue weighted by Crippen LogP contribution is 2.36. The lowest BCUT2D eigenvalue weighted by Crippen LogP contribution is -2.43. The first-order valence-electron chi connectivity index (χ1n) is 4.95. The molecule has 0 radical (unpaired) electrons. The van der Waals surface area contributed by atoms with Crippen molar-refractivity contribution in [1.29, 1.82) is 0 Å². The lowest BCUT2D eigenvalue weighted by atomic mass is 10.2. The summed E-state index contributed by atoms with van der Waals surface area (Å²) in [5, 5.41) is 11.3. The number of aliphatic carboxylic acids is 1. The van der Waals surface area contributed by atoms with Crippen molar-refractivity contribution in [2.45, 2.75) is 18.4 Å². The van der Waals surface area contributed by atoms with Gasteiger partial charge in [-0.1, -0.05) is 0 Å². The van der Waals surface area contributed by atoms with Crippen LogP contribution in [-0.4, -0.2) is 22.5 Å². The average molecular weight is 302 g/mol. The molecule has 0 bridgehead atoms. The standard InChI is InChI=1S/C11H9BrFNO3/c12-8-2-1-6(13)5-7(8)9(15)14-11(3-4-11)10(16)17/h1-2,5H,3-4H2,(H,14,15)(H,16,17). The van der Waals surface area contributed by atoms with Crippen molar-refractivity contribution < 1.29 is 19.1 Å². The summed E-state index contributed by atoms with van der Waals surface area (Å²) >= 11 is 3.12. The van der Waals surface area contributed by atoms with E-state index in [1.165, 1.54) is 12.1 Å². The van der Waals surface area contributed by atoms with Crippen molar-refractivity contribution in [3.63, 3.8) is 0 Å². The second-order valence-electron chi connectivity index (χ2n) is 3.97. The zero-order valence-corrected chi connectivity index (χ0v) is 10.3. The molecule has 0 aliphatic heterocycles. The van der Waals surface area contributed by atoms with Gasteiger partial charge in [0.25, 0.3) is 5.91 Å². The van der Waals surface area contributed by atoms with Crippen LogP contribution in [0.15, 0.2) is 22.7 Å². The lowest BCUT2D eigenvalue weighted by molar-refractivity contribution is -0.140. The Morgan fingerprint density at radius 3 is 2.59 bits per heavy atom. The van der Waals surface area contributed by atoms with Crippen molar-refractivity contribution in [3.05, 3.63) is 34.1 Å². The van der Waals surface area contributed by atoms with Crippen molar-refractivity contribution in [1.82, 2.24) is 5.32 Å². The van der Waals surface area contributed by atoms with Crippen molar-refractivity contribution >= 4 is 27.8 Å². The number of carboxylic acid groups (broad SMARTS) is 1. The fourth-order valence-electron chi connectivity index (χ4n) is 1.47. The van der Waals surface area contributed by atoms with Gasteiger partial charge in [-0.25, -0.2) is 9.18 Å². The summed E-state index contributed by atoms with van der Waals surface area (Å²) in [6.45, 7) is 0. The summed E-state index contributed by atoms with van der Waals surface area (Å²) in [6.07, 6.45) is 0.808. The van der Waals surface area contributed by atoms with Crippen LogP contribution in [0, 0.1) is 5.82 Å². The molecule has 1 aromatic carbocycles. The van der Waals surface area contributed by atoms with Gasteiger partial charge >= 0.3 is 5.97 Å². The second kappa shape index (κ2) is 4.10. The Bertz CT molecular complexity index is 499. The van der Waals surface area contributed by atoms with Gasteiger partial charge in [0.15, 0.2) is 0 Å². The van der Waals surface area contributed by atoms with Gasteiger partial charge in [-0.3, -0.25) is 4.79 Å². The number of halogens is 2. The van der Waals surface area contributed by atoms with Crippen molar-refractivity contribution in [2.24, 2.45) is 0 Å². The SMILES string of the molecule is O=C(NC1(C(=O)O)CC1)c1cc(F)ccc1Br. The zero-order chi connectivity index (χ0) is 12.6. The third kappa shape index (κ3) is 2.31.